The number of carbonyl (C=O) groups excluding carboxylic acids is 1. The summed E-state index contributed by atoms with van der Waals surface area (Å²) in [4.78, 5) is 11.8. The van der Waals surface area contributed by atoms with E-state index in [2.05, 4.69) is 17.4 Å². The van der Waals surface area contributed by atoms with E-state index in [-0.39, 0.29) is 11.5 Å². The van der Waals surface area contributed by atoms with Crippen LogP contribution in [0.15, 0.2) is 48.5 Å². The Morgan fingerprint density at radius 1 is 0.926 bits per heavy atom. The van der Waals surface area contributed by atoms with Crippen LogP contribution in [0.2, 0.25) is 0 Å². The largest absolute Gasteiger partial charge is 0.508 e. The van der Waals surface area contributed by atoms with Gasteiger partial charge in [0.25, 0.3) is 0 Å². The van der Waals surface area contributed by atoms with Crippen LogP contribution in [0.1, 0.15) is 63.5 Å². The molecule has 27 heavy (non-hydrogen) atoms. The second-order valence-corrected chi connectivity index (χ2v) is 7.70. The Balaban J connectivity index is 1.88. The number of phenolic OH excluding ortho intramolecular Hbond substituents is 1. The lowest BCUT2D eigenvalue weighted by Gasteiger charge is -2.34. The van der Waals surface area contributed by atoms with Crippen molar-refractivity contribution in [1.29, 1.82) is 0 Å². The average Bonchev–Trinajstić information content (AvgIpc) is 2.89. The molecule has 2 aromatic rings. The van der Waals surface area contributed by atoms with E-state index in [1.54, 1.807) is 12.1 Å². The van der Waals surface area contributed by atoms with Crippen molar-refractivity contribution in [1.82, 2.24) is 0 Å². The Morgan fingerprint density at radius 2 is 1.44 bits per heavy atom. The van der Waals surface area contributed by atoms with Crippen LogP contribution in [0.5, 0.6) is 5.75 Å². The minimum Gasteiger partial charge on any atom is -0.508 e. The monoisotopic (exact) mass is 367 g/mol. The molecule has 2 N–H and O–H groups in total. The summed E-state index contributed by atoms with van der Waals surface area (Å²) in [6.45, 7) is 3.66. The van der Waals surface area contributed by atoms with E-state index in [1.165, 1.54) is 36.8 Å². The Bertz CT molecular complexity index is 742. The summed E-state index contributed by atoms with van der Waals surface area (Å²) in [6, 6.07) is 15.8. The maximum Gasteiger partial charge on any atom is 0.411 e. The minimum atomic E-state index is -0.430. The highest BCUT2D eigenvalue weighted by Crippen LogP contribution is 2.44. The standard InChI is InChI=1S/C23H29NO3/c1-17(2)27-22(26)24-20-11-7-18(8-12-20)23(15-5-3-4-6-16-23)19-9-13-21(25)14-10-19/h7-14,17,25H,3-6,15-16H2,1-2H3,(H,24,26). The minimum absolute atomic E-state index is 0.0405. The Kier molecular flexibility index (Phi) is 6.04. The second kappa shape index (κ2) is 8.47. The first-order valence-electron chi connectivity index (χ1n) is 9.87. The molecular formula is C23H29NO3. The van der Waals surface area contributed by atoms with Gasteiger partial charge in [-0.1, -0.05) is 49.9 Å². The number of anilines is 1. The number of hydrogen-bond donors (Lipinski definition) is 2. The highest BCUT2D eigenvalue weighted by Gasteiger charge is 2.34. The molecule has 2 aromatic carbocycles. The van der Waals surface area contributed by atoms with Crippen molar-refractivity contribution in [3.8, 4) is 5.75 Å². The van der Waals surface area contributed by atoms with Gasteiger partial charge in [-0.3, -0.25) is 5.32 Å². The lowest BCUT2D eigenvalue weighted by Crippen LogP contribution is -2.27. The van der Waals surface area contributed by atoms with Crippen molar-refractivity contribution < 1.29 is 14.6 Å². The molecule has 0 aromatic heterocycles. The molecule has 0 saturated heterocycles. The van der Waals surface area contributed by atoms with Gasteiger partial charge >= 0.3 is 6.09 Å². The maximum atomic E-state index is 11.8. The number of aromatic hydroxyl groups is 1. The number of hydrogen-bond acceptors (Lipinski definition) is 3. The van der Waals surface area contributed by atoms with Gasteiger partial charge in [-0.2, -0.15) is 0 Å². The molecule has 1 aliphatic carbocycles. The molecule has 0 radical (unpaired) electrons. The van der Waals surface area contributed by atoms with Crippen molar-refractivity contribution in [3.05, 3.63) is 59.7 Å². The predicted molar refractivity (Wildman–Crippen MR) is 108 cm³/mol. The number of carbonyl (C=O) groups is 1. The van der Waals surface area contributed by atoms with Crippen LogP contribution in [0.25, 0.3) is 0 Å². The van der Waals surface area contributed by atoms with E-state index >= 15 is 0 Å². The van der Waals surface area contributed by atoms with Gasteiger partial charge in [0, 0.05) is 11.1 Å². The number of amides is 1. The average molecular weight is 367 g/mol. The third-order valence-electron chi connectivity index (χ3n) is 5.40. The summed E-state index contributed by atoms with van der Waals surface area (Å²) in [5.41, 5.74) is 3.21. The number of rotatable bonds is 4. The molecule has 1 amide bonds. The number of phenols is 1. The van der Waals surface area contributed by atoms with Crippen molar-refractivity contribution >= 4 is 11.8 Å². The van der Waals surface area contributed by atoms with Gasteiger partial charge in [0.1, 0.15) is 5.75 Å². The fraction of sp³-hybridized carbons (Fsp3) is 0.435. The first kappa shape index (κ1) is 19.3. The molecule has 1 saturated carbocycles. The van der Waals surface area contributed by atoms with Gasteiger partial charge in [0.05, 0.1) is 6.10 Å². The van der Waals surface area contributed by atoms with Crippen LogP contribution in [0.4, 0.5) is 10.5 Å². The third kappa shape index (κ3) is 4.62. The summed E-state index contributed by atoms with van der Waals surface area (Å²) in [5.74, 6) is 0.297. The lowest BCUT2D eigenvalue weighted by atomic mass is 9.69. The third-order valence-corrected chi connectivity index (χ3v) is 5.40. The molecule has 0 bridgehead atoms. The summed E-state index contributed by atoms with van der Waals surface area (Å²) in [7, 11) is 0. The van der Waals surface area contributed by atoms with E-state index in [0.29, 0.717) is 5.75 Å². The Labute approximate surface area is 161 Å². The molecule has 144 valence electrons. The molecule has 1 fully saturated rings. The summed E-state index contributed by atoms with van der Waals surface area (Å²) in [5, 5.41) is 12.5. The number of benzene rings is 2. The van der Waals surface area contributed by atoms with Crippen molar-refractivity contribution in [2.24, 2.45) is 0 Å². The van der Waals surface area contributed by atoms with Crippen LogP contribution < -0.4 is 5.32 Å². The zero-order valence-corrected chi connectivity index (χ0v) is 16.2. The van der Waals surface area contributed by atoms with Gasteiger partial charge in [0.2, 0.25) is 0 Å². The van der Waals surface area contributed by atoms with Gasteiger partial charge in [-0.05, 0) is 62.1 Å². The topological polar surface area (TPSA) is 58.6 Å². The summed E-state index contributed by atoms with van der Waals surface area (Å²) in [6.07, 6.45) is 6.54. The smallest absolute Gasteiger partial charge is 0.411 e. The fourth-order valence-corrected chi connectivity index (χ4v) is 4.09. The SMILES string of the molecule is CC(C)OC(=O)Nc1ccc(C2(c3ccc(O)cc3)CCCCCC2)cc1. The molecular weight excluding hydrogens is 338 g/mol. The molecule has 0 spiro atoms. The Hall–Kier alpha value is -2.49. The van der Waals surface area contributed by atoms with Gasteiger partial charge in [-0.25, -0.2) is 4.79 Å². The normalized spacial score (nSPS) is 16.6. The fourth-order valence-electron chi connectivity index (χ4n) is 4.09. The van der Waals surface area contributed by atoms with Gasteiger partial charge in [0.15, 0.2) is 0 Å². The Morgan fingerprint density at radius 3 is 1.96 bits per heavy atom. The quantitative estimate of drug-likeness (QED) is 0.653. The number of nitrogens with one attached hydrogen (secondary N) is 1. The molecule has 0 unspecified atom stereocenters. The van der Waals surface area contributed by atoms with E-state index in [0.717, 1.165) is 18.5 Å². The van der Waals surface area contributed by atoms with Gasteiger partial charge < -0.3 is 9.84 Å². The first-order chi connectivity index (χ1) is 13.0. The number of ether oxygens (including phenoxy) is 1. The van der Waals surface area contributed by atoms with Gasteiger partial charge in [-0.15, -0.1) is 0 Å². The molecule has 0 atom stereocenters. The van der Waals surface area contributed by atoms with Crippen LogP contribution in [-0.2, 0) is 10.2 Å². The van der Waals surface area contributed by atoms with Crippen molar-refractivity contribution in [2.45, 2.75) is 63.9 Å². The highest BCUT2D eigenvalue weighted by atomic mass is 16.6. The molecule has 0 heterocycles. The maximum absolute atomic E-state index is 11.8. The van der Waals surface area contributed by atoms with Crippen molar-refractivity contribution in [2.75, 3.05) is 5.32 Å². The zero-order valence-electron chi connectivity index (χ0n) is 16.2. The first-order valence-corrected chi connectivity index (χ1v) is 9.87. The van der Waals surface area contributed by atoms with Crippen LogP contribution in [0, 0.1) is 0 Å². The van der Waals surface area contributed by atoms with E-state index in [9.17, 15) is 9.90 Å². The second-order valence-electron chi connectivity index (χ2n) is 7.70. The van der Waals surface area contributed by atoms with Crippen LogP contribution in [0.3, 0.4) is 0 Å². The molecule has 3 rings (SSSR count). The summed E-state index contributed by atoms with van der Waals surface area (Å²) >= 11 is 0. The van der Waals surface area contributed by atoms with Crippen LogP contribution >= 0.6 is 0 Å². The lowest BCUT2D eigenvalue weighted by molar-refractivity contribution is 0.130. The molecule has 4 nitrogen and oxygen atoms in total. The molecule has 1 aliphatic rings. The van der Waals surface area contributed by atoms with Crippen molar-refractivity contribution in [3.63, 3.8) is 0 Å². The summed E-state index contributed by atoms with van der Waals surface area (Å²) < 4.78 is 5.14. The molecule has 4 heteroatoms. The highest BCUT2D eigenvalue weighted by molar-refractivity contribution is 5.84. The van der Waals surface area contributed by atoms with Crippen LogP contribution in [-0.4, -0.2) is 17.3 Å². The van der Waals surface area contributed by atoms with E-state index in [1.807, 2.05) is 38.1 Å². The predicted octanol–water partition coefficient (Wildman–Crippen LogP) is 5.99. The zero-order chi connectivity index (χ0) is 19.3. The van der Waals surface area contributed by atoms with E-state index in [4.69, 9.17) is 4.74 Å². The van der Waals surface area contributed by atoms with E-state index < -0.39 is 6.09 Å². The molecule has 0 aliphatic heterocycles.